The fraction of sp³-hybridized carbons (Fsp3) is 0.556. The average Bonchev–Trinajstić information content (AvgIpc) is 2.60. The number of carbonyl (C=O) groups is 2. The Balaban J connectivity index is 1.95. The van der Waals surface area contributed by atoms with Gasteiger partial charge in [0.25, 0.3) is 0 Å². The molecule has 0 bridgehead atoms. The van der Waals surface area contributed by atoms with Crippen LogP contribution >= 0.6 is 0 Å². The predicted octanol–water partition coefficient (Wildman–Crippen LogP) is 1.31. The zero-order valence-corrected chi connectivity index (χ0v) is 13.9. The number of hydrogen-bond donors (Lipinski definition) is 1. The molecule has 0 saturated carbocycles. The largest absolute Gasteiger partial charge is 0.394 e. The maximum atomic E-state index is 12.5. The molecule has 126 valence electrons. The fourth-order valence-corrected chi connectivity index (χ4v) is 2.92. The molecular weight excluding hydrogens is 292 g/mol. The van der Waals surface area contributed by atoms with Gasteiger partial charge in [-0.05, 0) is 25.3 Å². The molecule has 0 aromatic heterocycles. The number of likely N-dealkylation sites (tertiary alicyclic amines) is 1. The first-order valence-corrected chi connectivity index (χ1v) is 8.22. The van der Waals surface area contributed by atoms with Gasteiger partial charge in [0, 0.05) is 20.1 Å². The van der Waals surface area contributed by atoms with Gasteiger partial charge in [0.15, 0.2) is 0 Å². The molecule has 2 unspecified atom stereocenters. The minimum Gasteiger partial charge on any atom is -0.394 e. The molecular formula is C18H26N2O3. The number of rotatable bonds is 5. The van der Waals surface area contributed by atoms with Crippen LogP contribution in [0.25, 0.3) is 0 Å². The summed E-state index contributed by atoms with van der Waals surface area (Å²) in [6, 6.07) is 9.48. The van der Waals surface area contributed by atoms with Crippen molar-refractivity contribution < 1.29 is 14.7 Å². The van der Waals surface area contributed by atoms with Crippen LogP contribution in [0.4, 0.5) is 0 Å². The Kier molecular flexibility index (Phi) is 6.16. The summed E-state index contributed by atoms with van der Waals surface area (Å²) in [5.74, 6) is -0.0715. The van der Waals surface area contributed by atoms with Gasteiger partial charge in [-0.1, -0.05) is 30.3 Å². The maximum absolute atomic E-state index is 12.5. The van der Waals surface area contributed by atoms with Crippen molar-refractivity contribution >= 4 is 11.8 Å². The van der Waals surface area contributed by atoms with Crippen LogP contribution in [-0.4, -0.2) is 59.5 Å². The van der Waals surface area contributed by atoms with Crippen molar-refractivity contribution in [2.24, 2.45) is 5.92 Å². The number of carbonyl (C=O) groups excluding carboxylic acids is 2. The maximum Gasteiger partial charge on any atom is 0.227 e. The van der Waals surface area contributed by atoms with E-state index < -0.39 is 0 Å². The molecule has 0 aliphatic carbocycles. The van der Waals surface area contributed by atoms with E-state index in [1.807, 2.05) is 37.3 Å². The second-order valence-electron chi connectivity index (χ2n) is 6.32. The first-order valence-electron chi connectivity index (χ1n) is 8.22. The molecule has 1 saturated heterocycles. The SMILES string of the molecule is CC(CO)N(C)C(=O)C1CCCN(C(=O)Cc2ccccc2)C1. The van der Waals surface area contributed by atoms with Gasteiger partial charge in [-0.2, -0.15) is 0 Å². The number of aliphatic hydroxyl groups excluding tert-OH is 1. The summed E-state index contributed by atoms with van der Waals surface area (Å²) in [6.07, 6.45) is 2.03. The van der Waals surface area contributed by atoms with E-state index in [2.05, 4.69) is 0 Å². The first-order chi connectivity index (χ1) is 11.0. The van der Waals surface area contributed by atoms with E-state index in [4.69, 9.17) is 0 Å². The summed E-state index contributed by atoms with van der Waals surface area (Å²) in [5.41, 5.74) is 0.997. The normalized spacial score (nSPS) is 19.3. The molecule has 1 N–H and O–H groups in total. The zero-order valence-electron chi connectivity index (χ0n) is 13.9. The Bertz CT molecular complexity index is 532. The van der Waals surface area contributed by atoms with Gasteiger partial charge >= 0.3 is 0 Å². The molecule has 1 aliphatic heterocycles. The quantitative estimate of drug-likeness (QED) is 0.890. The lowest BCUT2D eigenvalue weighted by atomic mass is 9.95. The Morgan fingerprint density at radius 3 is 2.70 bits per heavy atom. The molecule has 1 aromatic carbocycles. The minimum atomic E-state index is -0.196. The lowest BCUT2D eigenvalue weighted by Crippen LogP contribution is -2.48. The lowest BCUT2D eigenvalue weighted by Gasteiger charge is -2.35. The molecule has 23 heavy (non-hydrogen) atoms. The van der Waals surface area contributed by atoms with E-state index in [-0.39, 0.29) is 30.4 Å². The van der Waals surface area contributed by atoms with Gasteiger partial charge in [0.05, 0.1) is 25.0 Å². The number of nitrogens with zero attached hydrogens (tertiary/aromatic N) is 2. The van der Waals surface area contributed by atoms with Crippen molar-refractivity contribution in [1.82, 2.24) is 9.80 Å². The van der Waals surface area contributed by atoms with Crippen molar-refractivity contribution in [1.29, 1.82) is 0 Å². The molecule has 2 amide bonds. The minimum absolute atomic E-state index is 0.0174. The molecule has 1 fully saturated rings. The molecule has 1 heterocycles. The number of benzene rings is 1. The van der Waals surface area contributed by atoms with Crippen LogP contribution in [0.2, 0.25) is 0 Å². The van der Waals surface area contributed by atoms with E-state index in [1.54, 1.807) is 16.8 Å². The fourth-order valence-electron chi connectivity index (χ4n) is 2.92. The molecule has 2 rings (SSSR count). The van der Waals surface area contributed by atoms with Crippen molar-refractivity contribution in [2.75, 3.05) is 26.7 Å². The molecule has 1 aliphatic rings. The molecule has 5 nitrogen and oxygen atoms in total. The summed E-state index contributed by atoms with van der Waals surface area (Å²) < 4.78 is 0. The Hall–Kier alpha value is -1.88. The van der Waals surface area contributed by atoms with Gasteiger partial charge < -0.3 is 14.9 Å². The summed E-state index contributed by atoms with van der Waals surface area (Å²) >= 11 is 0. The van der Waals surface area contributed by atoms with Crippen molar-refractivity contribution in [3.05, 3.63) is 35.9 Å². The molecule has 5 heteroatoms. The van der Waals surface area contributed by atoms with Crippen LogP contribution in [0.1, 0.15) is 25.3 Å². The van der Waals surface area contributed by atoms with E-state index in [9.17, 15) is 14.7 Å². The summed E-state index contributed by atoms with van der Waals surface area (Å²) in [5, 5.41) is 9.20. The van der Waals surface area contributed by atoms with Crippen LogP contribution in [-0.2, 0) is 16.0 Å². The predicted molar refractivity (Wildman–Crippen MR) is 88.8 cm³/mol. The highest BCUT2D eigenvalue weighted by Crippen LogP contribution is 2.20. The summed E-state index contributed by atoms with van der Waals surface area (Å²) in [4.78, 5) is 28.4. The second-order valence-corrected chi connectivity index (χ2v) is 6.32. The highest BCUT2D eigenvalue weighted by molar-refractivity contribution is 5.82. The number of hydrogen-bond acceptors (Lipinski definition) is 3. The van der Waals surface area contributed by atoms with Crippen molar-refractivity contribution in [3.63, 3.8) is 0 Å². The third-order valence-corrected chi connectivity index (χ3v) is 4.59. The third kappa shape index (κ3) is 4.55. The number of likely N-dealkylation sites (N-methyl/N-ethyl adjacent to an activating group) is 1. The van der Waals surface area contributed by atoms with E-state index in [0.29, 0.717) is 19.5 Å². The molecule has 0 radical (unpaired) electrons. The van der Waals surface area contributed by atoms with Crippen LogP contribution in [0.5, 0.6) is 0 Å². The second kappa shape index (κ2) is 8.11. The van der Waals surface area contributed by atoms with E-state index >= 15 is 0 Å². The monoisotopic (exact) mass is 318 g/mol. The van der Waals surface area contributed by atoms with Crippen molar-refractivity contribution in [2.45, 2.75) is 32.2 Å². The van der Waals surface area contributed by atoms with Gasteiger partial charge in [-0.3, -0.25) is 9.59 Å². The number of aliphatic hydroxyl groups is 1. The summed E-state index contributed by atoms with van der Waals surface area (Å²) in [7, 11) is 1.72. The highest BCUT2D eigenvalue weighted by atomic mass is 16.3. The van der Waals surface area contributed by atoms with E-state index in [1.165, 1.54) is 0 Å². The molecule has 1 aromatic rings. The van der Waals surface area contributed by atoms with Gasteiger partial charge in [0.1, 0.15) is 0 Å². The molecule has 2 atom stereocenters. The Morgan fingerprint density at radius 2 is 2.04 bits per heavy atom. The highest BCUT2D eigenvalue weighted by Gasteiger charge is 2.31. The zero-order chi connectivity index (χ0) is 16.8. The van der Waals surface area contributed by atoms with Crippen LogP contribution in [0, 0.1) is 5.92 Å². The smallest absolute Gasteiger partial charge is 0.227 e. The Morgan fingerprint density at radius 1 is 1.35 bits per heavy atom. The average molecular weight is 318 g/mol. The van der Waals surface area contributed by atoms with Crippen LogP contribution in [0.3, 0.4) is 0 Å². The lowest BCUT2D eigenvalue weighted by molar-refractivity contribution is -0.141. The summed E-state index contributed by atoms with van der Waals surface area (Å²) in [6.45, 7) is 2.96. The molecule has 0 spiro atoms. The van der Waals surface area contributed by atoms with E-state index in [0.717, 1.165) is 18.4 Å². The van der Waals surface area contributed by atoms with Gasteiger partial charge in [0.2, 0.25) is 11.8 Å². The van der Waals surface area contributed by atoms with Crippen LogP contribution in [0.15, 0.2) is 30.3 Å². The number of piperidine rings is 1. The topological polar surface area (TPSA) is 60.9 Å². The van der Waals surface area contributed by atoms with Crippen LogP contribution < -0.4 is 0 Å². The number of amides is 2. The third-order valence-electron chi connectivity index (χ3n) is 4.59. The van der Waals surface area contributed by atoms with Gasteiger partial charge in [-0.25, -0.2) is 0 Å². The van der Waals surface area contributed by atoms with Crippen molar-refractivity contribution in [3.8, 4) is 0 Å². The standard InChI is InChI=1S/C18H26N2O3/c1-14(13-21)19(2)18(23)16-9-6-10-20(12-16)17(22)11-15-7-4-3-5-8-15/h3-5,7-8,14,16,21H,6,9-13H2,1-2H3. The van der Waals surface area contributed by atoms with Gasteiger partial charge in [-0.15, -0.1) is 0 Å². The Labute approximate surface area is 137 Å². The first kappa shape index (κ1) is 17.5.